The van der Waals surface area contributed by atoms with Crippen LogP contribution in [0.1, 0.15) is 10.5 Å². The second-order valence-corrected chi connectivity index (χ2v) is 3.72. The van der Waals surface area contributed by atoms with Gasteiger partial charge in [-0.3, -0.25) is 4.79 Å². The van der Waals surface area contributed by atoms with Gasteiger partial charge in [-0.05, 0) is 30.3 Å². The summed E-state index contributed by atoms with van der Waals surface area (Å²) in [5, 5.41) is 8.19. The van der Waals surface area contributed by atoms with E-state index in [-0.39, 0.29) is 0 Å². The minimum absolute atomic E-state index is 0.299. The number of benzene rings is 1. The van der Waals surface area contributed by atoms with Gasteiger partial charge in [0, 0.05) is 5.56 Å². The van der Waals surface area contributed by atoms with Crippen LogP contribution >= 0.6 is 11.6 Å². The monoisotopic (exact) mass is 248 g/mol. The summed E-state index contributed by atoms with van der Waals surface area (Å²) in [6.45, 7) is 0. The molecule has 17 heavy (non-hydrogen) atoms. The van der Waals surface area contributed by atoms with Gasteiger partial charge < -0.3 is 4.74 Å². The molecule has 0 atom stereocenters. The molecule has 0 aliphatic heterocycles. The maximum atomic E-state index is 10.5. The van der Waals surface area contributed by atoms with Gasteiger partial charge in [0.15, 0.2) is 6.29 Å². The Labute approximate surface area is 103 Å². The summed E-state index contributed by atoms with van der Waals surface area (Å²) < 4.78 is 5.06. The number of rotatable bonds is 3. The minimum atomic E-state index is 0.299. The van der Waals surface area contributed by atoms with Crippen LogP contribution in [0.4, 0.5) is 0 Å². The first-order valence-corrected chi connectivity index (χ1v) is 5.25. The van der Waals surface area contributed by atoms with Crippen molar-refractivity contribution in [3.05, 3.63) is 41.0 Å². The Balaban J connectivity index is 2.38. The summed E-state index contributed by atoms with van der Waals surface area (Å²) >= 11 is 6.01. The van der Waals surface area contributed by atoms with Gasteiger partial charge in [0.2, 0.25) is 0 Å². The molecule has 5 heteroatoms. The largest absolute Gasteiger partial charge is 0.495 e. The number of aromatic nitrogens is 2. The summed E-state index contributed by atoms with van der Waals surface area (Å²) in [6.07, 6.45) is 0.651. The third-order valence-electron chi connectivity index (χ3n) is 2.25. The van der Waals surface area contributed by atoms with Crippen LogP contribution in [0.15, 0.2) is 30.3 Å². The molecule has 0 unspecified atom stereocenters. The Hall–Kier alpha value is -1.94. The topological polar surface area (TPSA) is 52.1 Å². The average Bonchev–Trinajstić information content (AvgIpc) is 2.39. The first-order valence-electron chi connectivity index (χ1n) is 4.87. The quantitative estimate of drug-likeness (QED) is 0.784. The number of hydrogen-bond acceptors (Lipinski definition) is 4. The minimum Gasteiger partial charge on any atom is -0.495 e. The molecule has 0 spiro atoms. The lowest BCUT2D eigenvalue weighted by Gasteiger charge is -2.05. The predicted octanol–water partition coefficient (Wildman–Crippen LogP) is 2.62. The SMILES string of the molecule is COc1ccc(-c2ccc(C=O)nn2)cc1Cl. The van der Waals surface area contributed by atoms with Crippen molar-refractivity contribution in [2.24, 2.45) is 0 Å². The molecule has 0 amide bonds. The van der Waals surface area contributed by atoms with Gasteiger partial charge in [-0.25, -0.2) is 0 Å². The van der Waals surface area contributed by atoms with Crippen LogP contribution in [0.5, 0.6) is 5.75 Å². The van der Waals surface area contributed by atoms with Crippen LogP contribution in [0, 0.1) is 0 Å². The smallest absolute Gasteiger partial charge is 0.170 e. The van der Waals surface area contributed by atoms with E-state index in [2.05, 4.69) is 10.2 Å². The molecule has 1 aromatic carbocycles. The van der Waals surface area contributed by atoms with E-state index >= 15 is 0 Å². The maximum absolute atomic E-state index is 10.5. The van der Waals surface area contributed by atoms with Crippen molar-refractivity contribution in [3.8, 4) is 17.0 Å². The molecule has 2 aromatic rings. The fourth-order valence-electron chi connectivity index (χ4n) is 1.39. The van der Waals surface area contributed by atoms with Gasteiger partial charge in [-0.2, -0.15) is 0 Å². The molecule has 0 fully saturated rings. The fourth-order valence-corrected chi connectivity index (χ4v) is 1.64. The van der Waals surface area contributed by atoms with E-state index in [1.54, 1.807) is 31.4 Å². The van der Waals surface area contributed by atoms with E-state index in [0.29, 0.717) is 28.4 Å². The fraction of sp³-hybridized carbons (Fsp3) is 0.0833. The van der Waals surface area contributed by atoms with Gasteiger partial charge in [0.1, 0.15) is 11.4 Å². The zero-order chi connectivity index (χ0) is 12.3. The highest BCUT2D eigenvalue weighted by atomic mass is 35.5. The van der Waals surface area contributed by atoms with Crippen LogP contribution in [-0.2, 0) is 0 Å². The van der Waals surface area contributed by atoms with E-state index in [0.717, 1.165) is 5.56 Å². The standard InChI is InChI=1S/C12H9ClN2O2/c1-17-12-5-2-8(6-10(12)13)11-4-3-9(7-16)14-15-11/h2-7H,1H3. The van der Waals surface area contributed by atoms with Crippen LogP contribution < -0.4 is 4.74 Å². The highest BCUT2D eigenvalue weighted by Gasteiger charge is 2.05. The summed E-state index contributed by atoms with van der Waals surface area (Å²) in [7, 11) is 1.56. The molecule has 0 aliphatic carbocycles. The zero-order valence-corrected chi connectivity index (χ0v) is 9.81. The summed E-state index contributed by atoms with van der Waals surface area (Å²) in [4.78, 5) is 10.5. The van der Waals surface area contributed by atoms with Gasteiger partial charge in [0.25, 0.3) is 0 Å². The highest BCUT2D eigenvalue weighted by molar-refractivity contribution is 6.32. The molecule has 86 valence electrons. The number of carbonyl (C=O) groups is 1. The lowest BCUT2D eigenvalue weighted by atomic mass is 10.1. The highest BCUT2D eigenvalue weighted by Crippen LogP contribution is 2.28. The Morgan fingerprint density at radius 1 is 1.24 bits per heavy atom. The second kappa shape index (κ2) is 4.93. The van der Waals surface area contributed by atoms with Crippen LogP contribution in [0.25, 0.3) is 11.3 Å². The Kier molecular flexibility index (Phi) is 3.35. The molecule has 1 aromatic heterocycles. The van der Waals surface area contributed by atoms with Gasteiger partial charge in [0.05, 0.1) is 17.8 Å². The maximum Gasteiger partial charge on any atom is 0.170 e. The summed E-state index contributed by atoms with van der Waals surface area (Å²) in [6, 6.07) is 8.65. The first kappa shape index (κ1) is 11.5. The van der Waals surface area contributed by atoms with Gasteiger partial charge in [-0.1, -0.05) is 11.6 Å². The Morgan fingerprint density at radius 3 is 2.59 bits per heavy atom. The molecule has 0 bridgehead atoms. The summed E-state index contributed by atoms with van der Waals surface area (Å²) in [5.41, 5.74) is 1.77. The van der Waals surface area contributed by atoms with E-state index in [1.165, 1.54) is 0 Å². The molecule has 0 saturated carbocycles. The molecule has 4 nitrogen and oxygen atoms in total. The Bertz CT molecular complexity index is 541. The van der Waals surface area contributed by atoms with Gasteiger partial charge >= 0.3 is 0 Å². The normalized spacial score (nSPS) is 10.0. The van der Waals surface area contributed by atoms with Crippen molar-refractivity contribution in [2.75, 3.05) is 7.11 Å². The van der Waals surface area contributed by atoms with Crippen molar-refractivity contribution in [3.63, 3.8) is 0 Å². The lowest BCUT2D eigenvalue weighted by Crippen LogP contribution is -1.93. The average molecular weight is 249 g/mol. The number of ether oxygens (including phenoxy) is 1. The molecule has 0 N–H and O–H groups in total. The van der Waals surface area contributed by atoms with Crippen LogP contribution in [0.3, 0.4) is 0 Å². The third kappa shape index (κ3) is 2.42. The van der Waals surface area contributed by atoms with E-state index in [1.807, 2.05) is 6.07 Å². The van der Waals surface area contributed by atoms with E-state index < -0.39 is 0 Å². The van der Waals surface area contributed by atoms with Crippen molar-refractivity contribution >= 4 is 17.9 Å². The summed E-state index contributed by atoms with van der Waals surface area (Å²) in [5.74, 6) is 0.605. The number of methoxy groups -OCH3 is 1. The first-order chi connectivity index (χ1) is 8.24. The zero-order valence-electron chi connectivity index (χ0n) is 9.05. The number of aldehydes is 1. The van der Waals surface area contributed by atoms with Crippen molar-refractivity contribution < 1.29 is 9.53 Å². The molecule has 2 rings (SSSR count). The van der Waals surface area contributed by atoms with Crippen molar-refractivity contribution in [1.29, 1.82) is 0 Å². The predicted molar refractivity (Wildman–Crippen MR) is 64.4 cm³/mol. The van der Waals surface area contributed by atoms with Gasteiger partial charge in [-0.15, -0.1) is 10.2 Å². The van der Waals surface area contributed by atoms with E-state index in [9.17, 15) is 4.79 Å². The van der Waals surface area contributed by atoms with Crippen molar-refractivity contribution in [1.82, 2.24) is 10.2 Å². The molecular formula is C12H9ClN2O2. The molecule has 1 heterocycles. The molecule has 0 aliphatic rings. The third-order valence-corrected chi connectivity index (χ3v) is 2.55. The van der Waals surface area contributed by atoms with Crippen LogP contribution in [0.2, 0.25) is 5.02 Å². The number of carbonyl (C=O) groups excluding carboxylic acids is 1. The van der Waals surface area contributed by atoms with Crippen molar-refractivity contribution in [2.45, 2.75) is 0 Å². The van der Waals surface area contributed by atoms with Crippen LogP contribution in [-0.4, -0.2) is 23.6 Å². The number of hydrogen-bond donors (Lipinski definition) is 0. The lowest BCUT2D eigenvalue weighted by molar-refractivity contribution is 0.111. The molecular weight excluding hydrogens is 240 g/mol. The molecule has 0 radical (unpaired) electrons. The number of nitrogens with zero attached hydrogens (tertiary/aromatic N) is 2. The Morgan fingerprint density at radius 2 is 2.06 bits per heavy atom. The second-order valence-electron chi connectivity index (χ2n) is 3.31. The number of halogens is 1. The van der Waals surface area contributed by atoms with E-state index in [4.69, 9.17) is 16.3 Å². The molecule has 0 saturated heterocycles.